The first kappa shape index (κ1) is 20.0. The Labute approximate surface area is 194 Å². The molecule has 0 saturated carbocycles. The van der Waals surface area contributed by atoms with Crippen molar-refractivity contribution in [2.45, 2.75) is 24.4 Å². The first-order chi connectivity index (χ1) is 15.4. The molecule has 4 atom stereocenters. The largest absolute Gasteiger partial charge is 0.497 e. The van der Waals surface area contributed by atoms with Crippen molar-refractivity contribution in [3.05, 3.63) is 52.0 Å². The number of hydrogen-bond donors (Lipinski definition) is 1. The lowest BCUT2D eigenvalue weighted by molar-refractivity contribution is -0.135. The Bertz CT molecular complexity index is 1220. The Morgan fingerprint density at radius 3 is 2.69 bits per heavy atom. The topological polar surface area (TPSA) is 79.0 Å². The number of halogens is 2. The molecule has 4 heterocycles. The van der Waals surface area contributed by atoms with Gasteiger partial charge in [-0.25, -0.2) is 4.90 Å². The van der Waals surface area contributed by atoms with E-state index in [1.165, 1.54) is 6.07 Å². The number of ether oxygens (including phenoxy) is 1. The number of fused-ring (bicyclic) bond motifs is 7. The van der Waals surface area contributed by atoms with Crippen LogP contribution < -0.4 is 15.0 Å². The lowest BCUT2D eigenvalue weighted by atomic mass is 9.75. The van der Waals surface area contributed by atoms with Gasteiger partial charge in [-0.1, -0.05) is 23.2 Å². The van der Waals surface area contributed by atoms with E-state index in [1.807, 2.05) is 0 Å². The highest BCUT2D eigenvalue weighted by Crippen LogP contribution is 2.61. The van der Waals surface area contributed by atoms with E-state index < -0.39 is 23.3 Å². The fourth-order valence-corrected chi connectivity index (χ4v) is 6.57. The van der Waals surface area contributed by atoms with E-state index in [2.05, 4.69) is 10.2 Å². The Morgan fingerprint density at radius 1 is 1.09 bits per heavy atom. The van der Waals surface area contributed by atoms with Gasteiger partial charge in [-0.15, -0.1) is 0 Å². The molecule has 4 aliphatic rings. The molecule has 0 aliphatic carbocycles. The molecule has 7 nitrogen and oxygen atoms in total. The maximum atomic E-state index is 13.9. The van der Waals surface area contributed by atoms with Gasteiger partial charge in [-0.05, 0) is 55.8 Å². The van der Waals surface area contributed by atoms with E-state index in [9.17, 15) is 14.4 Å². The van der Waals surface area contributed by atoms with E-state index in [0.717, 1.165) is 17.7 Å². The highest BCUT2D eigenvalue weighted by molar-refractivity contribution is 6.38. The molecular weight excluding hydrogens is 453 g/mol. The minimum atomic E-state index is -1.26. The number of hydrogen-bond acceptors (Lipinski definition) is 5. The molecular formula is C23H19Cl2N3O4. The summed E-state index contributed by atoms with van der Waals surface area (Å²) in [6.07, 6.45) is 1.59. The van der Waals surface area contributed by atoms with Crippen molar-refractivity contribution in [3.63, 3.8) is 0 Å². The van der Waals surface area contributed by atoms with Crippen molar-refractivity contribution in [1.82, 2.24) is 4.90 Å². The maximum Gasteiger partial charge on any atom is 0.250 e. The van der Waals surface area contributed by atoms with Crippen LogP contribution in [0.5, 0.6) is 5.75 Å². The normalized spacial score (nSPS) is 30.7. The summed E-state index contributed by atoms with van der Waals surface area (Å²) >= 11 is 12.5. The van der Waals surface area contributed by atoms with Gasteiger partial charge < -0.3 is 10.1 Å². The van der Waals surface area contributed by atoms with E-state index in [4.69, 9.17) is 27.9 Å². The van der Waals surface area contributed by atoms with Crippen molar-refractivity contribution >= 4 is 52.3 Å². The van der Waals surface area contributed by atoms with Gasteiger partial charge in [0.1, 0.15) is 11.3 Å². The lowest BCUT2D eigenvalue weighted by Crippen LogP contribution is -2.54. The quantitative estimate of drug-likeness (QED) is 0.678. The highest BCUT2D eigenvalue weighted by atomic mass is 35.5. The molecule has 1 spiro atoms. The molecule has 9 heteroatoms. The molecule has 0 bridgehead atoms. The number of nitrogens with one attached hydrogen (secondary N) is 1. The van der Waals surface area contributed by atoms with Crippen LogP contribution in [-0.2, 0) is 19.9 Å². The van der Waals surface area contributed by atoms with Crippen LogP contribution in [0.25, 0.3) is 0 Å². The van der Waals surface area contributed by atoms with Gasteiger partial charge in [0.2, 0.25) is 17.7 Å². The molecule has 6 rings (SSSR count). The number of imide groups is 1. The summed E-state index contributed by atoms with van der Waals surface area (Å²) in [4.78, 5) is 44.5. The van der Waals surface area contributed by atoms with Crippen LogP contribution in [0.4, 0.5) is 11.4 Å². The number of carbonyl (C=O) groups excluding carboxylic acids is 3. The monoisotopic (exact) mass is 471 g/mol. The lowest BCUT2D eigenvalue weighted by Gasteiger charge is -2.36. The van der Waals surface area contributed by atoms with E-state index in [1.54, 1.807) is 37.4 Å². The summed E-state index contributed by atoms with van der Waals surface area (Å²) in [5.74, 6) is -1.94. The number of rotatable bonds is 2. The number of carbonyl (C=O) groups is 3. The Hall–Kier alpha value is -2.61. The molecule has 2 aromatic carbocycles. The van der Waals surface area contributed by atoms with Gasteiger partial charge in [-0.3, -0.25) is 19.3 Å². The fraction of sp³-hybridized carbons (Fsp3) is 0.348. The average Bonchev–Trinajstić information content (AvgIpc) is 3.48. The van der Waals surface area contributed by atoms with Crippen molar-refractivity contribution in [2.75, 3.05) is 23.9 Å². The second-order valence-electron chi connectivity index (χ2n) is 8.65. The molecule has 164 valence electrons. The molecule has 2 aromatic rings. The van der Waals surface area contributed by atoms with Gasteiger partial charge in [0, 0.05) is 22.3 Å². The first-order valence-corrected chi connectivity index (χ1v) is 11.2. The second kappa shape index (κ2) is 6.70. The predicted molar refractivity (Wildman–Crippen MR) is 119 cm³/mol. The number of nitrogens with zero attached hydrogens (tertiary/aromatic N) is 2. The minimum Gasteiger partial charge on any atom is -0.497 e. The minimum absolute atomic E-state index is 0.206. The van der Waals surface area contributed by atoms with Crippen molar-refractivity contribution in [1.29, 1.82) is 0 Å². The van der Waals surface area contributed by atoms with Crippen molar-refractivity contribution in [3.8, 4) is 5.75 Å². The predicted octanol–water partition coefficient (Wildman–Crippen LogP) is 3.43. The molecule has 3 fully saturated rings. The molecule has 4 unspecified atom stereocenters. The van der Waals surface area contributed by atoms with Crippen LogP contribution in [0.15, 0.2) is 36.4 Å². The first-order valence-electron chi connectivity index (χ1n) is 10.5. The molecule has 1 N–H and O–H groups in total. The molecule has 3 saturated heterocycles. The number of methoxy groups -OCH3 is 1. The zero-order chi connectivity index (χ0) is 22.4. The summed E-state index contributed by atoms with van der Waals surface area (Å²) in [6.45, 7) is 0.639. The van der Waals surface area contributed by atoms with E-state index in [0.29, 0.717) is 28.6 Å². The van der Waals surface area contributed by atoms with Crippen LogP contribution in [0.3, 0.4) is 0 Å². The summed E-state index contributed by atoms with van der Waals surface area (Å²) in [6, 6.07) is 9.84. The Morgan fingerprint density at radius 2 is 1.91 bits per heavy atom. The molecule has 0 radical (unpaired) electrons. The summed E-state index contributed by atoms with van der Waals surface area (Å²) < 4.78 is 5.42. The standard InChI is InChI=1S/C23H19Cl2N3O4/c1-32-12-5-7-15-13(10-12)23(22(31)26-15)19-18(16-3-2-8-27(16)23)20(29)28(21(19)30)17-9-11(24)4-6-14(17)25/h4-7,9-10,16,18-19H,2-3,8H2,1H3,(H,26,31). The maximum absolute atomic E-state index is 13.9. The number of amides is 3. The molecule has 4 aliphatic heterocycles. The third-order valence-corrected chi connectivity index (χ3v) is 7.90. The third-order valence-electron chi connectivity index (χ3n) is 7.35. The third kappa shape index (κ3) is 2.28. The van der Waals surface area contributed by atoms with Crippen LogP contribution in [-0.4, -0.2) is 42.3 Å². The number of benzene rings is 2. The zero-order valence-corrected chi connectivity index (χ0v) is 18.6. The van der Waals surface area contributed by atoms with Crippen LogP contribution in [0.1, 0.15) is 18.4 Å². The molecule has 3 amide bonds. The van der Waals surface area contributed by atoms with Crippen molar-refractivity contribution < 1.29 is 19.1 Å². The Balaban J connectivity index is 1.57. The van der Waals surface area contributed by atoms with Crippen LogP contribution >= 0.6 is 23.2 Å². The summed E-state index contributed by atoms with van der Waals surface area (Å²) in [5, 5.41) is 3.58. The zero-order valence-electron chi connectivity index (χ0n) is 17.1. The van der Waals surface area contributed by atoms with E-state index in [-0.39, 0.29) is 28.6 Å². The summed E-state index contributed by atoms with van der Waals surface area (Å²) in [5.41, 5.74) is 0.318. The van der Waals surface area contributed by atoms with Gasteiger partial charge in [0.15, 0.2) is 0 Å². The van der Waals surface area contributed by atoms with E-state index >= 15 is 0 Å². The second-order valence-corrected chi connectivity index (χ2v) is 9.49. The Kier molecular flexibility index (Phi) is 4.19. The number of anilines is 2. The van der Waals surface area contributed by atoms with Crippen molar-refractivity contribution in [2.24, 2.45) is 11.8 Å². The summed E-state index contributed by atoms with van der Waals surface area (Å²) in [7, 11) is 1.56. The SMILES string of the molecule is COc1ccc2c(c1)C1(C(=O)N2)C2C(=O)N(c3cc(Cl)ccc3Cl)C(=O)C2C2CCCN21. The molecule has 32 heavy (non-hydrogen) atoms. The average molecular weight is 472 g/mol. The smallest absolute Gasteiger partial charge is 0.250 e. The highest BCUT2D eigenvalue weighted by Gasteiger charge is 2.74. The van der Waals surface area contributed by atoms with Gasteiger partial charge in [0.25, 0.3) is 0 Å². The fourth-order valence-electron chi connectivity index (χ4n) is 6.20. The van der Waals surface area contributed by atoms with Crippen LogP contribution in [0, 0.1) is 11.8 Å². The van der Waals surface area contributed by atoms with Crippen LogP contribution in [0.2, 0.25) is 10.0 Å². The molecule has 0 aromatic heterocycles. The van der Waals surface area contributed by atoms with Gasteiger partial charge in [0.05, 0.1) is 29.7 Å². The van der Waals surface area contributed by atoms with Gasteiger partial charge >= 0.3 is 0 Å². The van der Waals surface area contributed by atoms with Gasteiger partial charge in [-0.2, -0.15) is 0 Å².